The maximum Gasteiger partial charge on any atom is 0.0557 e. The molecular weight excluding hydrogens is 216 g/mol. The number of benzene rings is 1. The van der Waals surface area contributed by atoms with Gasteiger partial charge in [-0.25, -0.2) is 0 Å². The van der Waals surface area contributed by atoms with Gasteiger partial charge in [0.05, 0.1) is 5.38 Å². The van der Waals surface area contributed by atoms with Crippen molar-refractivity contribution in [3.05, 3.63) is 41.0 Å². The molecule has 0 nitrogen and oxygen atoms in total. The van der Waals surface area contributed by atoms with Gasteiger partial charge in [-0.1, -0.05) is 29.8 Å². The Bertz CT molecular complexity index is 384. The van der Waals surface area contributed by atoms with Gasteiger partial charge in [0.15, 0.2) is 0 Å². The van der Waals surface area contributed by atoms with E-state index in [2.05, 4.69) is 31.2 Å². The number of halogens is 1. The molecule has 86 valence electrons. The molecule has 0 heterocycles. The SMILES string of the molecule is CC1=C(c2ccc(C(C)Cl)cc2)CCCC1. The molecule has 1 heteroatoms. The van der Waals surface area contributed by atoms with Crippen LogP contribution in [0.5, 0.6) is 0 Å². The van der Waals surface area contributed by atoms with E-state index in [-0.39, 0.29) is 5.38 Å². The summed E-state index contributed by atoms with van der Waals surface area (Å²) >= 11 is 6.06. The second-order valence-electron chi connectivity index (χ2n) is 4.70. The molecule has 0 aliphatic heterocycles. The Morgan fingerprint density at radius 2 is 1.69 bits per heavy atom. The van der Waals surface area contributed by atoms with E-state index >= 15 is 0 Å². The first kappa shape index (κ1) is 11.7. The van der Waals surface area contributed by atoms with Crippen LogP contribution in [0, 0.1) is 0 Å². The van der Waals surface area contributed by atoms with Gasteiger partial charge in [-0.05, 0) is 56.2 Å². The van der Waals surface area contributed by atoms with Gasteiger partial charge in [-0.2, -0.15) is 0 Å². The number of rotatable bonds is 2. The van der Waals surface area contributed by atoms with Crippen LogP contribution in [0.2, 0.25) is 0 Å². The maximum absolute atomic E-state index is 6.06. The lowest BCUT2D eigenvalue weighted by molar-refractivity contribution is 0.714. The summed E-state index contributed by atoms with van der Waals surface area (Å²) in [6.07, 6.45) is 5.19. The third-order valence-electron chi connectivity index (χ3n) is 3.46. The molecule has 1 aromatic rings. The Morgan fingerprint density at radius 3 is 2.25 bits per heavy atom. The topological polar surface area (TPSA) is 0 Å². The van der Waals surface area contributed by atoms with Gasteiger partial charge >= 0.3 is 0 Å². The van der Waals surface area contributed by atoms with Crippen LogP contribution in [0.15, 0.2) is 29.8 Å². The van der Waals surface area contributed by atoms with Crippen LogP contribution in [0.4, 0.5) is 0 Å². The number of hydrogen-bond acceptors (Lipinski definition) is 0. The fourth-order valence-corrected chi connectivity index (χ4v) is 2.54. The van der Waals surface area contributed by atoms with Crippen LogP contribution in [-0.4, -0.2) is 0 Å². The van der Waals surface area contributed by atoms with Crippen LogP contribution in [0.3, 0.4) is 0 Å². The van der Waals surface area contributed by atoms with E-state index in [9.17, 15) is 0 Å². The van der Waals surface area contributed by atoms with E-state index in [0.717, 1.165) is 0 Å². The summed E-state index contributed by atoms with van der Waals surface area (Å²) in [5, 5.41) is 0.107. The molecule has 0 bridgehead atoms. The summed E-state index contributed by atoms with van der Waals surface area (Å²) in [7, 11) is 0. The minimum atomic E-state index is 0.107. The molecule has 0 amide bonds. The molecule has 0 N–H and O–H groups in total. The van der Waals surface area contributed by atoms with Gasteiger partial charge in [-0.15, -0.1) is 11.6 Å². The monoisotopic (exact) mass is 234 g/mol. The summed E-state index contributed by atoms with van der Waals surface area (Å²) in [5.41, 5.74) is 5.72. The predicted molar refractivity (Wildman–Crippen MR) is 71.8 cm³/mol. The van der Waals surface area contributed by atoms with E-state index in [1.165, 1.54) is 36.8 Å². The highest BCUT2D eigenvalue weighted by Crippen LogP contribution is 2.32. The zero-order chi connectivity index (χ0) is 11.5. The second kappa shape index (κ2) is 5.05. The Kier molecular flexibility index (Phi) is 3.70. The minimum Gasteiger partial charge on any atom is -0.118 e. The van der Waals surface area contributed by atoms with Crippen LogP contribution >= 0.6 is 11.6 Å². The third-order valence-corrected chi connectivity index (χ3v) is 3.71. The summed E-state index contributed by atoms with van der Waals surface area (Å²) in [6.45, 7) is 4.29. The highest BCUT2D eigenvalue weighted by Gasteiger charge is 2.11. The molecular formula is C15H19Cl. The zero-order valence-corrected chi connectivity index (χ0v) is 10.8. The van der Waals surface area contributed by atoms with E-state index in [0.29, 0.717) is 0 Å². The number of alkyl halides is 1. The van der Waals surface area contributed by atoms with Gasteiger partial charge in [0.2, 0.25) is 0 Å². The zero-order valence-electron chi connectivity index (χ0n) is 10.1. The molecule has 1 unspecified atom stereocenters. The van der Waals surface area contributed by atoms with Crippen LogP contribution < -0.4 is 0 Å². The summed E-state index contributed by atoms with van der Waals surface area (Å²) < 4.78 is 0. The van der Waals surface area contributed by atoms with Crippen molar-refractivity contribution < 1.29 is 0 Å². The molecule has 1 aliphatic rings. The molecule has 1 aromatic carbocycles. The van der Waals surface area contributed by atoms with E-state index in [1.54, 1.807) is 11.1 Å². The van der Waals surface area contributed by atoms with Gasteiger partial charge < -0.3 is 0 Å². The minimum absolute atomic E-state index is 0.107. The molecule has 1 atom stereocenters. The van der Waals surface area contributed by atoms with Crippen LogP contribution in [0.25, 0.3) is 5.57 Å². The van der Waals surface area contributed by atoms with Crippen molar-refractivity contribution in [2.45, 2.75) is 44.9 Å². The van der Waals surface area contributed by atoms with Gasteiger partial charge in [0.25, 0.3) is 0 Å². The standard InChI is InChI=1S/C15H19Cl/c1-11-5-3-4-6-15(11)14-9-7-13(8-10-14)12(2)16/h7-10,12H,3-6H2,1-2H3. The molecule has 0 aromatic heterocycles. The molecule has 0 fully saturated rings. The van der Waals surface area contributed by atoms with E-state index in [4.69, 9.17) is 11.6 Å². The Labute approximate surface area is 103 Å². The predicted octanol–water partition coefficient (Wildman–Crippen LogP) is 5.33. The quantitative estimate of drug-likeness (QED) is 0.607. The van der Waals surface area contributed by atoms with Crippen molar-refractivity contribution in [1.29, 1.82) is 0 Å². The lowest BCUT2D eigenvalue weighted by atomic mass is 9.88. The molecule has 0 saturated carbocycles. The van der Waals surface area contributed by atoms with Crippen molar-refractivity contribution in [3.63, 3.8) is 0 Å². The van der Waals surface area contributed by atoms with Crippen LogP contribution in [-0.2, 0) is 0 Å². The molecule has 0 saturated heterocycles. The van der Waals surface area contributed by atoms with E-state index in [1.807, 2.05) is 6.92 Å². The molecule has 1 aliphatic carbocycles. The number of allylic oxidation sites excluding steroid dienone is 2. The van der Waals surface area contributed by atoms with E-state index < -0.39 is 0 Å². The maximum atomic E-state index is 6.06. The lowest BCUT2D eigenvalue weighted by Crippen LogP contribution is -1.97. The van der Waals surface area contributed by atoms with Gasteiger partial charge in [0.1, 0.15) is 0 Å². The Balaban J connectivity index is 2.27. The first-order chi connectivity index (χ1) is 7.68. The lowest BCUT2D eigenvalue weighted by Gasteiger charge is -2.18. The average molecular weight is 235 g/mol. The largest absolute Gasteiger partial charge is 0.118 e. The fourth-order valence-electron chi connectivity index (χ4n) is 2.40. The first-order valence-electron chi connectivity index (χ1n) is 6.11. The van der Waals surface area contributed by atoms with Crippen molar-refractivity contribution in [2.24, 2.45) is 0 Å². The van der Waals surface area contributed by atoms with Gasteiger partial charge in [-0.3, -0.25) is 0 Å². The highest BCUT2D eigenvalue weighted by atomic mass is 35.5. The normalized spacial score (nSPS) is 18.7. The first-order valence-corrected chi connectivity index (χ1v) is 6.55. The fraction of sp³-hybridized carbons (Fsp3) is 0.467. The summed E-state index contributed by atoms with van der Waals surface area (Å²) in [4.78, 5) is 0. The van der Waals surface area contributed by atoms with Crippen molar-refractivity contribution >= 4 is 17.2 Å². The third kappa shape index (κ3) is 2.49. The Morgan fingerprint density at radius 1 is 1.06 bits per heavy atom. The summed E-state index contributed by atoms with van der Waals surface area (Å²) in [6, 6.07) is 8.75. The second-order valence-corrected chi connectivity index (χ2v) is 5.36. The molecule has 0 spiro atoms. The Hall–Kier alpha value is -0.750. The summed E-state index contributed by atoms with van der Waals surface area (Å²) in [5.74, 6) is 0. The van der Waals surface area contributed by atoms with Gasteiger partial charge in [0, 0.05) is 0 Å². The van der Waals surface area contributed by atoms with Crippen molar-refractivity contribution in [2.75, 3.05) is 0 Å². The number of hydrogen-bond donors (Lipinski definition) is 0. The van der Waals surface area contributed by atoms with Crippen LogP contribution in [0.1, 0.15) is 56.0 Å². The molecule has 0 radical (unpaired) electrons. The molecule has 16 heavy (non-hydrogen) atoms. The average Bonchev–Trinajstić information content (AvgIpc) is 2.30. The highest BCUT2D eigenvalue weighted by molar-refractivity contribution is 6.20. The smallest absolute Gasteiger partial charge is 0.0557 e. The van der Waals surface area contributed by atoms with Crippen molar-refractivity contribution in [3.8, 4) is 0 Å². The molecule has 2 rings (SSSR count). The van der Waals surface area contributed by atoms with Crippen molar-refractivity contribution in [1.82, 2.24) is 0 Å².